The Hall–Kier alpha value is -1.17. The van der Waals surface area contributed by atoms with Crippen molar-refractivity contribution in [2.24, 2.45) is 7.05 Å². The molecule has 0 unspecified atom stereocenters. The van der Waals surface area contributed by atoms with Gasteiger partial charge in [-0.25, -0.2) is 0 Å². The summed E-state index contributed by atoms with van der Waals surface area (Å²) in [5.41, 5.74) is 3.52. The van der Waals surface area contributed by atoms with Crippen LogP contribution in [0.4, 0.5) is 0 Å². The molecule has 0 fully saturated rings. The van der Waals surface area contributed by atoms with Gasteiger partial charge in [0.25, 0.3) is 0 Å². The van der Waals surface area contributed by atoms with Gasteiger partial charge in [0.05, 0.1) is 11.8 Å². The lowest BCUT2D eigenvalue weighted by Gasteiger charge is -2.17. The minimum Gasteiger partial charge on any atom is -0.388 e. The maximum Gasteiger partial charge on any atom is 0.0896 e. The van der Waals surface area contributed by atoms with Crippen LogP contribution in [0.5, 0.6) is 0 Å². The molecule has 2 rings (SSSR count). The Balaban J connectivity index is 1.87. The van der Waals surface area contributed by atoms with Crippen molar-refractivity contribution in [1.82, 2.24) is 15.1 Å². The van der Waals surface area contributed by atoms with E-state index in [2.05, 4.69) is 24.3 Å². The maximum absolute atomic E-state index is 10.1. The molecule has 0 radical (unpaired) electrons. The van der Waals surface area contributed by atoms with Gasteiger partial charge in [-0.1, -0.05) is 6.07 Å². The fourth-order valence-electron chi connectivity index (χ4n) is 2.36. The summed E-state index contributed by atoms with van der Waals surface area (Å²) in [4.78, 5) is 1.03. The van der Waals surface area contributed by atoms with Crippen LogP contribution in [-0.2, 0) is 13.6 Å². The van der Waals surface area contributed by atoms with Crippen LogP contribution in [0.2, 0.25) is 0 Å². The van der Waals surface area contributed by atoms with Gasteiger partial charge >= 0.3 is 0 Å². The first-order valence-electron chi connectivity index (χ1n) is 6.93. The fourth-order valence-corrected chi connectivity index (χ4v) is 3.09. The first kappa shape index (κ1) is 15.2. The lowest BCUT2D eigenvalue weighted by molar-refractivity contribution is 0.157. The Morgan fingerprint density at radius 3 is 2.75 bits per heavy atom. The third-order valence-corrected chi connectivity index (χ3v) is 4.71. The Morgan fingerprint density at radius 1 is 1.45 bits per heavy atom. The van der Waals surface area contributed by atoms with Crippen LogP contribution in [0, 0.1) is 13.8 Å². The predicted molar refractivity (Wildman–Crippen MR) is 82.9 cm³/mol. The molecule has 0 saturated carbocycles. The number of aryl methyl sites for hydroxylation is 2. The van der Waals surface area contributed by atoms with Crippen LogP contribution in [0.25, 0.3) is 0 Å². The van der Waals surface area contributed by atoms with Crippen molar-refractivity contribution in [1.29, 1.82) is 0 Å². The number of nitrogens with one attached hydrogen (secondary N) is 1. The van der Waals surface area contributed by atoms with Gasteiger partial charge in [0.1, 0.15) is 0 Å². The van der Waals surface area contributed by atoms with E-state index in [0.29, 0.717) is 0 Å². The number of rotatable bonds is 6. The van der Waals surface area contributed by atoms with E-state index >= 15 is 0 Å². The van der Waals surface area contributed by atoms with Crippen molar-refractivity contribution in [2.45, 2.75) is 45.9 Å². The summed E-state index contributed by atoms with van der Waals surface area (Å²) in [6.45, 7) is 7.03. The molecule has 4 nitrogen and oxygen atoms in total. The molecule has 0 aliphatic carbocycles. The van der Waals surface area contributed by atoms with Gasteiger partial charge in [0.15, 0.2) is 0 Å². The Morgan fingerprint density at radius 2 is 2.20 bits per heavy atom. The van der Waals surface area contributed by atoms with E-state index in [1.165, 1.54) is 11.3 Å². The number of hydrogen-bond donors (Lipinski definition) is 2. The molecule has 0 aliphatic rings. The quantitative estimate of drug-likeness (QED) is 0.861. The van der Waals surface area contributed by atoms with E-state index in [1.807, 2.05) is 36.2 Å². The third kappa shape index (κ3) is 3.48. The zero-order chi connectivity index (χ0) is 14.7. The first-order valence-corrected chi connectivity index (χ1v) is 7.81. The summed E-state index contributed by atoms with van der Waals surface area (Å²) in [6.07, 6.45) is 0.340. The van der Waals surface area contributed by atoms with E-state index in [4.69, 9.17) is 0 Å². The highest BCUT2D eigenvalue weighted by Crippen LogP contribution is 2.23. The van der Waals surface area contributed by atoms with Crippen molar-refractivity contribution >= 4 is 11.3 Å². The third-order valence-electron chi connectivity index (χ3n) is 3.73. The smallest absolute Gasteiger partial charge is 0.0896 e. The minimum atomic E-state index is -0.381. The largest absolute Gasteiger partial charge is 0.388 e. The number of hydrogen-bond acceptors (Lipinski definition) is 4. The summed E-state index contributed by atoms with van der Waals surface area (Å²) in [5, 5.41) is 20.0. The predicted octanol–water partition coefficient (Wildman–Crippen LogP) is 2.70. The molecule has 2 N–H and O–H groups in total. The van der Waals surface area contributed by atoms with Gasteiger partial charge in [-0.15, -0.1) is 11.3 Å². The van der Waals surface area contributed by atoms with Gasteiger partial charge in [0.2, 0.25) is 0 Å². The lowest BCUT2D eigenvalue weighted by atomic mass is 10.1. The van der Waals surface area contributed by atoms with Crippen LogP contribution >= 0.6 is 11.3 Å². The SMILES string of the molecule is Cc1nn(C)c(C)c1CN[C@H](C)C[C@@H](O)c1cccs1. The van der Waals surface area contributed by atoms with Crippen LogP contribution in [0.3, 0.4) is 0 Å². The Bertz CT molecular complexity index is 548. The molecular formula is C15H23N3OS. The maximum atomic E-state index is 10.1. The Labute approximate surface area is 124 Å². The molecule has 2 aromatic rings. The van der Waals surface area contributed by atoms with Gasteiger partial charge in [0, 0.05) is 35.8 Å². The molecule has 110 valence electrons. The van der Waals surface area contributed by atoms with Crippen LogP contribution in [0.1, 0.15) is 41.3 Å². The molecule has 0 aromatic carbocycles. The molecule has 0 amide bonds. The van der Waals surface area contributed by atoms with Crippen LogP contribution < -0.4 is 5.32 Å². The van der Waals surface area contributed by atoms with Crippen LogP contribution in [-0.4, -0.2) is 20.9 Å². The monoisotopic (exact) mass is 293 g/mol. The molecule has 0 spiro atoms. The molecule has 0 aliphatic heterocycles. The van der Waals surface area contributed by atoms with Crippen molar-refractivity contribution < 1.29 is 5.11 Å². The van der Waals surface area contributed by atoms with Gasteiger partial charge in [-0.3, -0.25) is 4.68 Å². The van der Waals surface area contributed by atoms with E-state index in [1.54, 1.807) is 11.3 Å². The lowest BCUT2D eigenvalue weighted by Crippen LogP contribution is -2.27. The van der Waals surface area contributed by atoms with E-state index in [0.717, 1.165) is 23.5 Å². The van der Waals surface area contributed by atoms with Crippen LogP contribution in [0.15, 0.2) is 17.5 Å². The minimum absolute atomic E-state index is 0.256. The van der Waals surface area contributed by atoms with Gasteiger partial charge < -0.3 is 10.4 Å². The summed E-state index contributed by atoms with van der Waals surface area (Å²) >= 11 is 1.60. The average Bonchev–Trinajstić information content (AvgIpc) is 2.98. The molecule has 2 atom stereocenters. The van der Waals surface area contributed by atoms with E-state index in [-0.39, 0.29) is 12.1 Å². The zero-order valence-corrected chi connectivity index (χ0v) is 13.4. The zero-order valence-electron chi connectivity index (χ0n) is 12.6. The molecule has 2 aromatic heterocycles. The molecule has 0 bridgehead atoms. The summed E-state index contributed by atoms with van der Waals surface area (Å²) in [7, 11) is 1.97. The average molecular weight is 293 g/mol. The topological polar surface area (TPSA) is 50.1 Å². The number of aliphatic hydroxyl groups is 1. The standard InChI is InChI=1S/C15H23N3OS/c1-10(8-14(19)15-6-5-7-20-15)16-9-13-11(2)17-18(4)12(13)3/h5-7,10,14,16,19H,8-9H2,1-4H3/t10-,14-/m1/s1. The molecule has 20 heavy (non-hydrogen) atoms. The normalized spacial score (nSPS) is 14.4. The molecule has 5 heteroatoms. The van der Waals surface area contributed by atoms with Crippen molar-refractivity contribution in [2.75, 3.05) is 0 Å². The first-order chi connectivity index (χ1) is 9.49. The van der Waals surface area contributed by atoms with Crippen molar-refractivity contribution in [3.8, 4) is 0 Å². The summed E-state index contributed by atoms with van der Waals surface area (Å²) < 4.78 is 1.91. The van der Waals surface area contributed by atoms with Gasteiger partial charge in [-0.05, 0) is 38.6 Å². The number of thiophene rings is 1. The second kappa shape index (κ2) is 6.52. The van der Waals surface area contributed by atoms with E-state index in [9.17, 15) is 5.11 Å². The molecule has 2 heterocycles. The van der Waals surface area contributed by atoms with E-state index < -0.39 is 0 Å². The van der Waals surface area contributed by atoms with Crippen molar-refractivity contribution in [3.05, 3.63) is 39.3 Å². The number of nitrogens with zero attached hydrogens (tertiary/aromatic N) is 2. The highest BCUT2D eigenvalue weighted by molar-refractivity contribution is 7.10. The summed E-state index contributed by atoms with van der Waals surface area (Å²) in [5.74, 6) is 0. The fraction of sp³-hybridized carbons (Fsp3) is 0.533. The van der Waals surface area contributed by atoms with Crippen molar-refractivity contribution in [3.63, 3.8) is 0 Å². The second-order valence-corrected chi connectivity index (χ2v) is 6.30. The highest BCUT2D eigenvalue weighted by Gasteiger charge is 2.15. The summed E-state index contributed by atoms with van der Waals surface area (Å²) in [6, 6.07) is 4.22. The number of aliphatic hydroxyl groups excluding tert-OH is 1. The highest BCUT2D eigenvalue weighted by atomic mass is 32.1. The second-order valence-electron chi connectivity index (χ2n) is 5.32. The van der Waals surface area contributed by atoms with Gasteiger partial charge in [-0.2, -0.15) is 5.10 Å². The molecule has 0 saturated heterocycles. The number of aromatic nitrogens is 2. The Kier molecular flexibility index (Phi) is 4.96. The molecular weight excluding hydrogens is 270 g/mol.